The first-order chi connectivity index (χ1) is 10.6. The Hall–Kier alpha value is -2.40. The minimum Gasteiger partial charge on any atom is -0.307 e. The molecule has 0 radical (unpaired) electrons. The van der Waals surface area contributed by atoms with Crippen molar-refractivity contribution >= 4 is 34.8 Å². The lowest BCUT2D eigenvalue weighted by Crippen LogP contribution is -2.40. The van der Waals surface area contributed by atoms with E-state index in [-0.39, 0.29) is 23.3 Å². The van der Waals surface area contributed by atoms with Crippen molar-refractivity contribution in [3.8, 4) is 0 Å². The number of ketones is 1. The molecule has 2 aromatic rings. The highest BCUT2D eigenvalue weighted by molar-refractivity contribution is 6.31. The van der Waals surface area contributed by atoms with Crippen LogP contribution in [0, 0.1) is 5.82 Å². The molecule has 1 N–H and O–H groups in total. The number of para-hydroxylation sites is 1. The normalized spacial score (nSPS) is 13.7. The Morgan fingerprint density at radius 3 is 2.77 bits per heavy atom. The van der Waals surface area contributed by atoms with Crippen LogP contribution in [-0.2, 0) is 0 Å². The predicted molar refractivity (Wildman–Crippen MR) is 83.2 cm³/mol. The molecule has 0 fully saturated rings. The number of Topliss-reactive ketones (excluding diaryl/α,β-unsaturated/α-hetero) is 1. The SMILES string of the molecule is O=C1CCN(C(=O)Nc2ccc(F)c(Cl)c2)c2ccccc21. The van der Waals surface area contributed by atoms with E-state index in [0.29, 0.717) is 23.5 Å². The number of urea groups is 1. The number of amides is 2. The highest BCUT2D eigenvalue weighted by atomic mass is 35.5. The number of carbonyl (C=O) groups is 2. The maximum absolute atomic E-state index is 13.1. The quantitative estimate of drug-likeness (QED) is 0.860. The number of nitrogens with one attached hydrogen (secondary N) is 1. The monoisotopic (exact) mass is 318 g/mol. The summed E-state index contributed by atoms with van der Waals surface area (Å²) in [5.41, 5.74) is 1.50. The van der Waals surface area contributed by atoms with Gasteiger partial charge in [0.05, 0.1) is 10.7 Å². The van der Waals surface area contributed by atoms with E-state index < -0.39 is 5.82 Å². The van der Waals surface area contributed by atoms with Gasteiger partial charge in [-0.3, -0.25) is 9.69 Å². The summed E-state index contributed by atoms with van der Waals surface area (Å²) in [7, 11) is 0. The molecule has 2 aromatic carbocycles. The number of nitrogens with zero attached hydrogens (tertiary/aromatic N) is 1. The van der Waals surface area contributed by atoms with E-state index in [1.165, 1.54) is 23.1 Å². The smallest absolute Gasteiger partial charge is 0.307 e. The zero-order valence-electron chi connectivity index (χ0n) is 11.5. The summed E-state index contributed by atoms with van der Waals surface area (Å²) in [5.74, 6) is -0.530. The molecule has 2 amide bonds. The first-order valence-electron chi connectivity index (χ1n) is 6.72. The van der Waals surface area contributed by atoms with Crippen molar-refractivity contribution in [2.24, 2.45) is 0 Å². The van der Waals surface area contributed by atoms with Crippen molar-refractivity contribution in [1.29, 1.82) is 0 Å². The average molecular weight is 319 g/mol. The lowest BCUT2D eigenvalue weighted by atomic mass is 10.0. The minimum absolute atomic E-state index is 0.0180. The second kappa shape index (κ2) is 5.77. The van der Waals surface area contributed by atoms with Crippen LogP contribution in [0.3, 0.4) is 0 Å². The maximum atomic E-state index is 13.1. The van der Waals surface area contributed by atoms with Gasteiger partial charge in [0.2, 0.25) is 0 Å². The summed E-state index contributed by atoms with van der Waals surface area (Å²) in [4.78, 5) is 25.8. The van der Waals surface area contributed by atoms with Gasteiger partial charge in [-0.05, 0) is 30.3 Å². The Kier molecular flexibility index (Phi) is 3.81. The molecule has 0 saturated heterocycles. The zero-order valence-corrected chi connectivity index (χ0v) is 12.2. The van der Waals surface area contributed by atoms with Gasteiger partial charge in [-0.1, -0.05) is 23.7 Å². The second-order valence-corrected chi connectivity index (χ2v) is 5.31. The van der Waals surface area contributed by atoms with Crippen LogP contribution in [0.15, 0.2) is 42.5 Å². The lowest BCUT2D eigenvalue weighted by molar-refractivity contribution is 0.0981. The van der Waals surface area contributed by atoms with Crippen LogP contribution in [0.25, 0.3) is 0 Å². The summed E-state index contributed by atoms with van der Waals surface area (Å²) in [6.07, 6.45) is 0.272. The lowest BCUT2D eigenvalue weighted by Gasteiger charge is -2.28. The minimum atomic E-state index is -0.548. The Bertz CT molecular complexity index is 764. The van der Waals surface area contributed by atoms with Gasteiger partial charge in [-0.2, -0.15) is 0 Å². The molecule has 112 valence electrons. The Morgan fingerprint density at radius 1 is 1.23 bits per heavy atom. The Morgan fingerprint density at radius 2 is 2.00 bits per heavy atom. The van der Waals surface area contributed by atoms with Gasteiger partial charge in [0.15, 0.2) is 5.78 Å². The molecule has 0 spiro atoms. The van der Waals surface area contributed by atoms with Crippen molar-refractivity contribution in [3.63, 3.8) is 0 Å². The molecule has 0 atom stereocenters. The van der Waals surface area contributed by atoms with Crippen LogP contribution in [0.1, 0.15) is 16.8 Å². The molecular weight excluding hydrogens is 307 g/mol. The fourth-order valence-electron chi connectivity index (χ4n) is 2.39. The van der Waals surface area contributed by atoms with Crippen molar-refractivity contribution in [2.45, 2.75) is 6.42 Å². The maximum Gasteiger partial charge on any atom is 0.326 e. The van der Waals surface area contributed by atoms with E-state index in [1.54, 1.807) is 24.3 Å². The molecule has 6 heteroatoms. The average Bonchev–Trinajstić information content (AvgIpc) is 2.51. The molecule has 1 heterocycles. The topological polar surface area (TPSA) is 49.4 Å². The second-order valence-electron chi connectivity index (χ2n) is 4.90. The summed E-state index contributed by atoms with van der Waals surface area (Å²) in [6.45, 7) is 0.302. The molecule has 0 aliphatic carbocycles. The summed E-state index contributed by atoms with van der Waals surface area (Å²) >= 11 is 5.70. The number of rotatable bonds is 1. The zero-order chi connectivity index (χ0) is 15.7. The predicted octanol–water partition coefficient (Wildman–Crippen LogP) is 4.10. The van der Waals surface area contributed by atoms with Crippen LogP contribution < -0.4 is 10.2 Å². The molecular formula is C16H12ClFN2O2. The fourth-order valence-corrected chi connectivity index (χ4v) is 2.57. The molecule has 4 nitrogen and oxygen atoms in total. The standard InChI is InChI=1S/C16H12ClFN2O2/c17-12-9-10(5-6-13(12)18)19-16(22)20-8-7-15(21)11-3-1-2-4-14(11)20/h1-6,9H,7-8H2,(H,19,22). The third-order valence-corrected chi connectivity index (χ3v) is 3.76. The number of hydrogen-bond acceptors (Lipinski definition) is 2. The van der Waals surface area contributed by atoms with Gasteiger partial charge in [-0.25, -0.2) is 9.18 Å². The van der Waals surface area contributed by atoms with Gasteiger partial charge in [0, 0.05) is 24.2 Å². The number of anilines is 2. The highest BCUT2D eigenvalue weighted by Gasteiger charge is 2.26. The van der Waals surface area contributed by atoms with Gasteiger partial charge in [-0.15, -0.1) is 0 Å². The van der Waals surface area contributed by atoms with Crippen LogP contribution in [0.5, 0.6) is 0 Å². The van der Waals surface area contributed by atoms with E-state index >= 15 is 0 Å². The summed E-state index contributed by atoms with van der Waals surface area (Å²) in [5, 5.41) is 2.60. The number of carbonyl (C=O) groups excluding carboxylic acids is 2. The molecule has 0 saturated carbocycles. The summed E-state index contributed by atoms with van der Waals surface area (Å²) in [6, 6.07) is 10.5. The number of hydrogen-bond donors (Lipinski definition) is 1. The molecule has 0 bridgehead atoms. The fraction of sp³-hybridized carbons (Fsp3) is 0.125. The third kappa shape index (κ3) is 2.67. The Labute approximate surface area is 131 Å². The van der Waals surface area contributed by atoms with Crippen molar-refractivity contribution < 1.29 is 14.0 Å². The van der Waals surface area contributed by atoms with Gasteiger partial charge >= 0.3 is 6.03 Å². The van der Waals surface area contributed by atoms with Crippen LogP contribution in [-0.4, -0.2) is 18.4 Å². The van der Waals surface area contributed by atoms with E-state index in [1.807, 2.05) is 0 Å². The first kappa shape index (κ1) is 14.5. The number of halogens is 2. The van der Waals surface area contributed by atoms with Crippen LogP contribution >= 0.6 is 11.6 Å². The van der Waals surface area contributed by atoms with E-state index in [2.05, 4.69) is 5.32 Å². The Balaban J connectivity index is 1.85. The largest absolute Gasteiger partial charge is 0.326 e. The molecule has 1 aliphatic rings. The number of benzene rings is 2. The molecule has 22 heavy (non-hydrogen) atoms. The number of fused-ring (bicyclic) bond motifs is 1. The van der Waals surface area contributed by atoms with Crippen LogP contribution in [0.4, 0.5) is 20.6 Å². The van der Waals surface area contributed by atoms with E-state index in [9.17, 15) is 14.0 Å². The van der Waals surface area contributed by atoms with Gasteiger partial charge in [0.25, 0.3) is 0 Å². The highest BCUT2D eigenvalue weighted by Crippen LogP contribution is 2.27. The van der Waals surface area contributed by atoms with Gasteiger partial charge in [0.1, 0.15) is 5.82 Å². The van der Waals surface area contributed by atoms with Crippen LogP contribution in [0.2, 0.25) is 5.02 Å². The molecule has 0 unspecified atom stereocenters. The molecule has 1 aliphatic heterocycles. The van der Waals surface area contributed by atoms with Crippen molar-refractivity contribution in [3.05, 3.63) is 58.9 Å². The molecule has 3 rings (SSSR count). The first-order valence-corrected chi connectivity index (χ1v) is 7.10. The van der Waals surface area contributed by atoms with E-state index in [4.69, 9.17) is 11.6 Å². The van der Waals surface area contributed by atoms with E-state index in [0.717, 1.165) is 0 Å². The summed E-state index contributed by atoms with van der Waals surface area (Å²) < 4.78 is 13.1. The third-order valence-electron chi connectivity index (χ3n) is 3.47. The van der Waals surface area contributed by atoms with Gasteiger partial charge < -0.3 is 5.32 Å². The molecule has 0 aromatic heterocycles. The van der Waals surface area contributed by atoms with Crippen molar-refractivity contribution in [2.75, 3.05) is 16.8 Å². The van der Waals surface area contributed by atoms with Crippen molar-refractivity contribution in [1.82, 2.24) is 0 Å².